The number of phenolic OH excluding ortho intramolecular Hbond substituents is 1. The normalized spacial score (nSPS) is 9.80. The molecule has 2 rings (SSSR count). The van der Waals surface area contributed by atoms with Crippen LogP contribution in [-0.4, -0.2) is 24.0 Å². The number of thioether (sulfide) groups is 1. The summed E-state index contributed by atoms with van der Waals surface area (Å²) in [6.07, 6.45) is 1.62. The van der Waals surface area contributed by atoms with E-state index in [4.69, 9.17) is 0 Å². The Kier molecular flexibility index (Phi) is 6.53. The van der Waals surface area contributed by atoms with Gasteiger partial charge in [-0.1, -0.05) is 31.7 Å². The van der Waals surface area contributed by atoms with Crippen molar-refractivity contribution in [1.82, 2.24) is 14.8 Å². The van der Waals surface area contributed by atoms with Gasteiger partial charge in [0.1, 0.15) is 10.5 Å². The second kappa shape index (κ2) is 7.91. The Morgan fingerprint density at radius 1 is 1.45 bits per heavy atom. The summed E-state index contributed by atoms with van der Waals surface area (Å²) in [5, 5.41) is 18.0. The van der Waals surface area contributed by atoms with Gasteiger partial charge in [0.2, 0.25) is 12.8 Å². The monoisotopic (exact) mass is 313 g/mol. The number of aromatic hydroxyl groups is 1. The molecule has 0 spiro atoms. The molecule has 1 aromatic heterocycles. The molecule has 0 saturated heterocycles. The molecular formula is C12H17N4O2S2+. The number of nitroso groups, excluding NO2 is 1. The molecule has 20 heavy (non-hydrogen) atoms. The summed E-state index contributed by atoms with van der Waals surface area (Å²) < 4.78 is 2.15. The van der Waals surface area contributed by atoms with Gasteiger partial charge in [-0.2, -0.15) is 0 Å². The van der Waals surface area contributed by atoms with Gasteiger partial charge in [0.05, 0.1) is 0 Å². The Hall–Kier alpha value is -1.54. The van der Waals surface area contributed by atoms with Crippen LogP contribution < -0.4 is 0 Å². The van der Waals surface area contributed by atoms with E-state index in [1.165, 1.54) is 17.8 Å². The van der Waals surface area contributed by atoms with Crippen LogP contribution in [0.1, 0.15) is 19.4 Å². The summed E-state index contributed by atoms with van der Waals surface area (Å²) in [6, 6.07) is 4.82. The van der Waals surface area contributed by atoms with Gasteiger partial charge < -0.3 is 9.67 Å². The maximum Gasteiger partial charge on any atom is 0.314 e. The molecule has 0 amide bonds. The largest absolute Gasteiger partial charge is 0.502 e. The van der Waals surface area contributed by atoms with Crippen LogP contribution in [0.2, 0.25) is 0 Å². The summed E-state index contributed by atoms with van der Waals surface area (Å²) in [7, 11) is 1.86. The number of hydrogen-bond donors (Lipinski definition) is 2. The van der Waals surface area contributed by atoms with Crippen molar-refractivity contribution in [3.63, 3.8) is 0 Å². The summed E-state index contributed by atoms with van der Waals surface area (Å²) in [5.41, 5.74) is 1.03. The smallest absolute Gasteiger partial charge is 0.314 e. The fourth-order valence-corrected chi connectivity index (χ4v) is 2.35. The predicted octanol–water partition coefficient (Wildman–Crippen LogP) is 3.09. The molecule has 8 heteroatoms. The van der Waals surface area contributed by atoms with Gasteiger partial charge >= 0.3 is 5.69 Å². The van der Waals surface area contributed by atoms with Gasteiger partial charge in [-0.05, 0) is 11.6 Å². The number of hydrogen-bond acceptors (Lipinski definition) is 5. The highest BCUT2D eigenvalue weighted by atomic mass is 32.2. The summed E-state index contributed by atoms with van der Waals surface area (Å²) in [6.45, 7) is 4.00. The number of aromatic nitrogens is 3. The zero-order chi connectivity index (χ0) is 15.1. The summed E-state index contributed by atoms with van der Waals surface area (Å²) >= 11 is 5.13. The highest BCUT2D eigenvalue weighted by molar-refractivity contribution is 7.98. The molecule has 6 nitrogen and oxygen atoms in total. The van der Waals surface area contributed by atoms with E-state index in [0.717, 1.165) is 10.7 Å². The Labute approximate surface area is 127 Å². The first kappa shape index (κ1) is 16.5. The van der Waals surface area contributed by atoms with E-state index in [0.29, 0.717) is 9.92 Å². The molecule has 1 N–H and O–H groups in total. The number of nitrogens with zero attached hydrogens (tertiary/aromatic N) is 4. The van der Waals surface area contributed by atoms with Gasteiger partial charge in [0, 0.05) is 23.8 Å². The Morgan fingerprint density at radius 2 is 2.15 bits per heavy atom. The molecule has 2 aromatic rings. The van der Waals surface area contributed by atoms with E-state index in [1.807, 2.05) is 25.5 Å². The number of thiol groups is 1. The third kappa shape index (κ3) is 4.24. The van der Waals surface area contributed by atoms with Crippen molar-refractivity contribution in [2.24, 2.45) is 7.05 Å². The van der Waals surface area contributed by atoms with Gasteiger partial charge in [0.15, 0.2) is 10.9 Å². The van der Waals surface area contributed by atoms with E-state index in [-0.39, 0.29) is 11.4 Å². The molecule has 1 aromatic carbocycles. The molecule has 0 aliphatic rings. The van der Waals surface area contributed by atoms with Crippen LogP contribution in [0, 0.1) is 4.91 Å². The topological polar surface area (TPSA) is 71.0 Å². The highest BCUT2D eigenvalue weighted by Gasteiger charge is 2.16. The minimum absolute atomic E-state index is 0.0904. The number of aryl methyl sites for hydroxylation is 1. The molecule has 0 aliphatic heterocycles. The van der Waals surface area contributed by atoms with E-state index in [9.17, 15) is 10.0 Å². The number of phenols is 1. The van der Waals surface area contributed by atoms with E-state index in [2.05, 4.69) is 23.0 Å². The van der Waals surface area contributed by atoms with Crippen LogP contribution in [0.5, 0.6) is 5.75 Å². The number of rotatable bonds is 4. The average molecular weight is 313 g/mol. The molecular weight excluding hydrogens is 296 g/mol. The molecule has 0 saturated carbocycles. The van der Waals surface area contributed by atoms with Gasteiger partial charge in [-0.25, -0.2) is 0 Å². The lowest BCUT2D eigenvalue weighted by atomic mass is 10.2. The standard InChI is InChI=1S/C10H10N4O2S2.C2H6/c1-13-6-11-12-10(13)18-5-7-2-3-9(15)8(4-7)14(16)17;1-2/h2-4,6H,5H2,1H3,(H-,15,16,17);1-2H3/p+1. The average Bonchev–Trinajstić information content (AvgIpc) is 2.85. The lowest BCUT2D eigenvalue weighted by Crippen LogP contribution is -1.91. The maximum atomic E-state index is 11.1. The van der Waals surface area contributed by atoms with Crippen molar-refractivity contribution in [2.75, 3.05) is 0 Å². The SMILES string of the molecule is CC.Cn1cnnc1SCc1ccc(O)c([N+](=O)S)c1. The maximum absolute atomic E-state index is 11.1. The molecule has 0 unspecified atom stereocenters. The third-order valence-corrected chi connectivity index (χ3v) is 3.60. The fourth-order valence-electron chi connectivity index (χ4n) is 1.36. The minimum Gasteiger partial charge on any atom is -0.502 e. The number of benzene rings is 1. The Morgan fingerprint density at radius 3 is 2.70 bits per heavy atom. The van der Waals surface area contributed by atoms with Crippen LogP contribution in [0.25, 0.3) is 0 Å². The van der Waals surface area contributed by atoms with E-state index < -0.39 is 0 Å². The third-order valence-electron chi connectivity index (χ3n) is 2.28. The predicted molar refractivity (Wildman–Crippen MR) is 82.3 cm³/mol. The van der Waals surface area contributed by atoms with Crippen LogP contribution in [0.15, 0.2) is 29.7 Å². The van der Waals surface area contributed by atoms with Crippen molar-refractivity contribution >= 4 is 30.3 Å². The molecule has 1 heterocycles. The molecule has 0 aliphatic carbocycles. The lowest BCUT2D eigenvalue weighted by molar-refractivity contribution is -0.260. The summed E-state index contributed by atoms with van der Waals surface area (Å²) in [5.74, 6) is 0.536. The molecule has 0 atom stereocenters. The minimum atomic E-state index is -0.0904. The summed E-state index contributed by atoms with van der Waals surface area (Å²) in [4.78, 5) is 11.1. The highest BCUT2D eigenvalue weighted by Crippen LogP contribution is 2.30. The van der Waals surface area contributed by atoms with Gasteiger partial charge in [-0.15, -0.1) is 10.2 Å². The second-order valence-electron chi connectivity index (χ2n) is 3.61. The fraction of sp³-hybridized carbons (Fsp3) is 0.333. The van der Waals surface area contributed by atoms with Crippen LogP contribution in [0.3, 0.4) is 0 Å². The van der Waals surface area contributed by atoms with Crippen molar-refractivity contribution in [3.8, 4) is 5.75 Å². The van der Waals surface area contributed by atoms with Crippen molar-refractivity contribution in [2.45, 2.75) is 24.8 Å². The first-order valence-corrected chi connectivity index (χ1v) is 7.41. The zero-order valence-corrected chi connectivity index (χ0v) is 13.2. The van der Waals surface area contributed by atoms with Crippen molar-refractivity contribution in [1.29, 1.82) is 0 Å². The molecule has 0 fully saturated rings. The first-order valence-electron chi connectivity index (χ1n) is 6.02. The van der Waals surface area contributed by atoms with Crippen molar-refractivity contribution < 1.29 is 9.27 Å². The Balaban J connectivity index is 0.000000956. The second-order valence-corrected chi connectivity index (χ2v) is 4.91. The van der Waals surface area contributed by atoms with E-state index >= 15 is 0 Å². The Bertz CT molecular complexity index is 587. The lowest BCUT2D eigenvalue weighted by Gasteiger charge is -2.01. The van der Waals surface area contributed by atoms with Gasteiger partial charge in [0.25, 0.3) is 0 Å². The quantitative estimate of drug-likeness (QED) is 0.515. The van der Waals surface area contributed by atoms with Gasteiger partial charge in [-0.3, -0.25) is 0 Å². The zero-order valence-electron chi connectivity index (χ0n) is 11.5. The van der Waals surface area contributed by atoms with Crippen molar-refractivity contribution in [3.05, 3.63) is 35.0 Å². The van der Waals surface area contributed by atoms with Crippen LogP contribution in [-0.2, 0) is 12.8 Å². The molecule has 0 radical (unpaired) electrons. The van der Waals surface area contributed by atoms with Crippen LogP contribution >= 0.6 is 24.6 Å². The van der Waals surface area contributed by atoms with E-state index in [1.54, 1.807) is 18.5 Å². The molecule has 108 valence electrons. The van der Waals surface area contributed by atoms with Crippen LogP contribution in [0.4, 0.5) is 5.69 Å². The first-order chi connectivity index (χ1) is 9.58. The molecule has 0 bridgehead atoms.